The third-order valence-electron chi connectivity index (χ3n) is 7.07. The molecular weight excluding hydrogens is 438 g/mol. The van der Waals surface area contributed by atoms with Gasteiger partial charge in [-0.3, -0.25) is 4.90 Å². The van der Waals surface area contributed by atoms with Crippen LogP contribution >= 0.6 is 0 Å². The summed E-state index contributed by atoms with van der Waals surface area (Å²) < 4.78 is 0. The molecule has 3 aromatic heterocycles. The Morgan fingerprint density at radius 3 is 2.66 bits per heavy atom. The predicted octanol–water partition coefficient (Wildman–Crippen LogP) is 3.72. The molecular formula is C26H31N9. The number of anilines is 3. The Kier molecular flexibility index (Phi) is 6.01. The van der Waals surface area contributed by atoms with E-state index >= 15 is 0 Å². The van der Waals surface area contributed by atoms with Crippen LogP contribution in [0.15, 0.2) is 48.9 Å². The molecule has 4 aromatic rings. The Labute approximate surface area is 205 Å². The number of aromatic nitrogens is 5. The van der Waals surface area contributed by atoms with Crippen LogP contribution in [-0.4, -0.2) is 69.1 Å². The fraction of sp³-hybridized carbons (Fsp3) is 0.385. The number of hydrogen-bond acceptors (Lipinski definition) is 8. The number of piperazine rings is 1. The van der Waals surface area contributed by atoms with E-state index in [1.807, 2.05) is 12.3 Å². The van der Waals surface area contributed by atoms with Gasteiger partial charge in [0, 0.05) is 63.1 Å². The number of nitrogens with zero attached hydrogens (tertiary/aromatic N) is 6. The van der Waals surface area contributed by atoms with Crippen LogP contribution in [0.25, 0.3) is 22.3 Å². The number of pyridine rings is 1. The van der Waals surface area contributed by atoms with E-state index in [1.165, 1.54) is 18.4 Å². The second-order valence-corrected chi connectivity index (χ2v) is 9.33. The van der Waals surface area contributed by atoms with Crippen LogP contribution in [-0.2, 0) is 0 Å². The van der Waals surface area contributed by atoms with Gasteiger partial charge in [-0.15, -0.1) is 0 Å². The minimum Gasteiger partial charge on any atom is -0.357 e. The lowest BCUT2D eigenvalue weighted by Crippen LogP contribution is -2.44. The molecule has 3 N–H and O–H groups in total. The van der Waals surface area contributed by atoms with E-state index in [2.05, 4.69) is 77.6 Å². The summed E-state index contributed by atoms with van der Waals surface area (Å²) in [4.78, 5) is 26.5. The van der Waals surface area contributed by atoms with Crippen molar-refractivity contribution < 1.29 is 0 Å². The van der Waals surface area contributed by atoms with Gasteiger partial charge in [0.2, 0.25) is 5.95 Å². The Morgan fingerprint density at radius 2 is 1.80 bits per heavy atom. The van der Waals surface area contributed by atoms with Gasteiger partial charge in [-0.1, -0.05) is 6.07 Å². The summed E-state index contributed by atoms with van der Waals surface area (Å²) in [5.41, 5.74) is 5.07. The topological polar surface area (TPSA) is 97.9 Å². The summed E-state index contributed by atoms with van der Waals surface area (Å²) >= 11 is 0. The lowest BCUT2D eigenvalue weighted by molar-refractivity contribution is 0.185. The second kappa shape index (κ2) is 9.59. The van der Waals surface area contributed by atoms with Crippen molar-refractivity contribution in [2.75, 3.05) is 49.5 Å². The molecule has 6 rings (SSSR count). The molecule has 180 valence electrons. The molecule has 2 aliphatic rings. The first-order valence-electron chi connectivity index (χ1n) is 12.5. The van der Waals surface area contributed by atoms with Gasteiger partial charge in [0.25, 0.3) is 0 Å². The molecule has 0 amide bonds. The summed E-state index contributed by atoms with van der Waals surface area (Å²) in [6.45, 7) is 8.58. The van der Waals surface area contributed by atoms with E-state index in [1.54, 1.807) is 6.33 Å². The normalized spacial score (nSPS) is 17.7. The highest BCUT2D eigenvalue weighted by Gasteiger charge is 2.19. The lowest BCUT2D eigenvalue weighted by atomic mass is 10.1. The molecule has 35 heavy (non-hydrogen) atoms. The fourth-order valence-electron chi connectivity index (χ4n) is 5.03. The number of nitrogens with one attached hydrogen (secondary N) is 3. The highest BCUT2D eigenvalue weighted by atomic mass is 15.2. The molecule has 5 heterocycles. The maximum absolute atomic E-state index is 4.72. The number of fused-ring (bicyclic) bond motifs is 1. The van der Waals surface area contributed by atoms with E-state index in [4.69, 9.17) is 4.98 Å². The van der Waals surface area contributed by atoms with Gasteiger partial charge in [-0.2, -0.15) is 0 Å². The first-order chi connectivity index (χ1) is 17.2. The van der Waals surface area contributed by atoms with Crippen molar-refractivity contribution in [3.05, 3.63) is 54.5 Å². The van der Waals surface area contributed by atoms with Crippen molar-refractivity contribution in [3.8, 4) is 11.3 Å². The first-order valence-corrected chi connectivity index (χ1v) is 12.5. The second-order valence-electron chi connectivity index (χ2n) is 9.33. The predicted molar refractivity (Wildman–Crippen MR) is 139 cm³/mol. The van der Waals surface area contributed by atoms with Gasteiger partial charge in [0.05, 0.1) is 16.7 Å². The number of benzene rings is 1. The van der Waals surface area contributed by atoms with Gasteiger partial charge in [-0.05, 0) is 49.6 Å². The number of aromatic amines is 1. The van der Waals surface area contributed by atoms with Crippen molar-refractivity contribution >= 4 is 28.6 Å². The molecule has 9 heteroatoms. The fourth-order valence-corrected chi connectivity index (χ4v) is 5.03. The van der Waals surface area contributed by atoms with Crippen molar-refractivity contribution in [2.45, 2.75) is 25.8 Å². The maximum Gasteiger partial charge on any atom is 0.206 e. The molecule has 1 aromatic carbocycles. The summed E-state index contributed by atoms with van der Waals surface area (Å²) in [6.07, 6.45) is 5.97. The lowest BCUT2D eigenvalue weighted by Gasteiger charge is -2.33. The Bertz CT molecular complexity index is 1310. The van der Waals surface area contributed by atoms with Crippen molar-refractivity contribution in [3.63, 3.8) is 0 Å². The number of imidazole rings is 1. The molecule has 1 unspecified atom stereocenters. The SMILES string of the molecule is CC(c1ccnc(Nc2nc3ccc(-c4cc(N5CCCC5)ncn4)cc3[nH]2)c1)N1CCNCC1. The molecule has 1 atom stereocenters. The minimum absolute atomic E-state index is 0.345. The largest absolute Gasteiger partial charge is 0.357 e. The van der Waals surface area contributed by atoms with Gasteiger partial charge in [-0.25, -0.2) is 19.9 Å². The monoisotopic (exact) mass is 469 g/mol. The van der Waals surface area contributed by atoms with Crippen molar-refractivity contribution in [1.29, 1.82) is 0 Å². The molecule has 0 radical (unpaired) electrons. The summed E-state index contributed by atoms with van der Waals surface area (Å²) in [7, 11) is 0. The Hall–Kier alpha value is -3.56. The standard InChI is InChI=1S/C26H31N9/c1-18(34-12-8-27-9-13-34)19-6-7-28-24(15-19)33-26-31-21-5-4-20(14-23(21)32-26)22-16-25(30-17-29-22)35-10-2-3-11-35/h4-7,14-18,27H,2-3,8-13H2,1H3,(H2,28,31,32,33). The van der Waals surface area contributed by atoms with E-state index in [0.29, 0.717) is 12.0 Å². The Balaban J connectivity index is 1.21. The highest BCUT2D eigenvalue weighted by molar-refractivity contribution is 5.83. The summed E-state index contributed by atoms with van der Waals surface area (Å²) in [5.74, 6) is 2.47. The van der Waals surface area contributed by atoms with E-state index in [9.17, 15) is 0 Å². The van der Waals surface area contributed by atoms with E-state index < -0.39 is 0 Å². The third-order valence-corrected chi connectivity index (χ3v) is 7.07. The van der Waals surface area contributed by atoms with Crippen LogP contribution in [0.1, 0.15) is 31.4 Å². The molecule has 0 bridgehead atoms. The van der Waals surface area contributed by atoms with E-state index in [0.717, 1.165) is 73.2 Å². The molecule has 2 aliphatic heterocycles. The van der Waals surface area contributed by atoms with Crippen molar-refractivity contribution in [1.82, 2.24) is 35.1 Å². The molecule has 9 nitrogen and oxygen atoms in total. The third kappa shape index (κ3) is 4.69. The number of hydrogen-bond donors (Lipinski definition) is 3. The smallest absolute Gasteiger partial charge is 0.206 e. The minimum atomic E-state index is 0.345. The average molecular weight is 470 g/mol. The van der Waals surface area contributed by atoms with Gasteiger partial charge in [0.15, 0.2) is 0 Å². The zero-order valence-corrected chi connectivity index (χ0v) is 20.0. The van der Waals surface area contributed by atoms with Crippen LogP contribution in [0.5, 0.6) is 0 Å². The van der Waals surface area contributed by atoms with Gasteiger partial charge >= 0.3 is 0 Å². The molecule has 0 spiro atoms. The Morgan fingerprint density at radius 1 is 0.943 bits per heavy atom. The zero-order valence-electron chi connectivity index (χ0n) is 20.0. The molecule has 0 saturated carbocycles. The highest BCUT2D eigenvalue weighted by Crippen LogP contribution is 2.27. The van der Waals surface area contributed by atoms with Crippen LogP contribution in [0.4, 0.5) is 17.6 Å². The molecule has 0 aliphatic carbocycles. The quantitative estimate of drug-likeness (QED) is 0.393. The summed E-state index contributed by atoms with van der Waals surface area (Å²) in [6, 6.07) is 12.8. The molecule has 2 fully saturated rings. The van der Waals surface area contributed by atoms with Crippen molar-refractivity contribution in [2.24, 2.45) is 0 Å². The van der Waals surface area contributed by atoms with Gasteiger partial charge < -0.3 is 20.5 Å². The van der Waals surface area contributed by atoms with Crippen LogP contribution in [0, 0.1) is 0 Å². The summed E-state index contributed by atoms with van der Waals surface area (Å²) in [5, 5.41) is 6.78. The van der Waals surface area contributed by atoms with Crippen LogP contribution in [0.2, 0.25) is 0 Å². The number of H-pyrrole nitrogens is 1. The van der Waals surface area contributed by atoms with Gasteiger partial charge in [0.1, 0.15) is 18.0 Å². The van der Waals surface area contributed by atoms with Crippen LogP contribution in [0.3, 0.4) is 0 Å². The average Bonchev–Trinajstić information content (AvgIpc) is 3.59. The first kappa shape index (κ1) is 21.9. The van der Waals surface area contributed by atoms with E-state index in [-0.39, 0.29) is 0 Å². The zero-order chi connectivity index (χ0) is 23.6. The number of rotatable bonds is 6. The van der Waals surface area contributed by atoms with Crippen LogP contribution < -0.4 is 15.5 Å². The molecule has 2 saturated heterocycles. The maximum atomic E-state index is 4.72.